The van der Waals surface area contributed by atoms with Gasteiger partial charge in [0.2, 0.25) is 12.3 Å². The summed E-state index contributed by atoms with van der Waals surface area (Å²) in [5.41, 5.74) is 1.07. The van der Waals surface area contributed by atoms with E-state index < -0.39 is 22.4 Å². The van der Waals surface area contributed by atoms with E-state index in [9.17, 15) is 18.4 Å². The normalized spacial score (nSPS) is 13.2. The van der Waals surface area contributed by atoms with Crippen molar-refractivity contribution in [3.8, 4) is 0 Å². The summed E-state index contributed by atoms with van der Waals surface area (Å²) < 4.78 is 27.3. The van der Waals surface area contributed by atoms with Crippen LogP contribution in [-0.4, -0.2) is 29.8 Å². The molecule has 0 saturated heterocycles. The maximum absolute atomic E-state index is 13.9. The van der Waals surface area contributed by atoms with Gasteiger partial charge in [-0.25, -0.2) is 13.8 Å². The molecule has 2 aromatic rings. The van der Waals surface area contributed by atoms with Crippen LogP contribution in [0.2, 0.25) is 0 Å². The minimum atomic E-state index is -1.00. The summed E-state index contributed by atoms with van der Waals surface area (Å²) >= 11 is 1.31. The molecule has 0 aliphatic rings. The van der Waals surface area contributed by atoms with E-state index in [1.165, 1.54) is 23.7 Å². The van der Waals surface area contributed by atoms with Gasteiger partial charge in [-0.2, -0.15) is 5.10 Å². The molecule has 1 N–H and O–H groups in total. The summed E-state index contributed by atoms with van der Waals surface area (Å²) in [6.07, 6.45) is 3.43. The van der Waals surface area contributed by atoms with Crippen molar-refractivity contribution in [2.24, 2.45) is 5.10 Å². The van der Waals surface area contributed by atoms with E-state index in [-0.39, 0.29) is 5.56 Å². The Balaban J connectivity index is 2.52. The molecule has 5 nitrogen and oxygen atoms in total. The van der Waals surface area contributed by atoms with E-state index in [0.717, 1.165) is 24.4 Å². The van der Waals surface area contributed by atoms with Crippen LogP contribution < -0.4 is 5.32 Å². The van der Waals surface area contributed by atoms with Crippen LogP contribution in [0, 0.1) is 11.6 Å². The molecule has 0 bridgehead atoms. The molecule has 1 atom stereocenters. The number of halogens is 2. The van der Waals surface area contributed by atoms with Gasteiger partial charge < -0.3 is 5.32 Å². The topological polar surface area (TPSA) is 61.8 Å². The first-order valence-corrected chi connectivity index (χ1v) is 9.20. The molecule has 0 saturated carbocycles. The van der Waals surface area contributed by atoms with E-state index in [1.54, 1.807) is 37.4 Å². The Morgan fingerprint density at radius 1 is 1.26 bits per heavy atom. The molecule has 142 valence electrons. The van der Waals surface area contributed by atoms with E-state index in [2.05, 4.69) is 10.4 Å². The number of thioether (sulfide) groups is 1. The largest absolute Gasteiger partial charge is 0.328 e. The fourth-order valence-corrected chi connectivity index (χ4v) is 3.36. The van der Waals surface area contributed by atoms with Crippen LogP contribution in [0.5, 0.6) is 0 Å². The Hall–Kier alpha value is -2.74. The highest BCUT2D eigenvalue weighted by atomic mass is 32.2. The zero-order chi connectivity index (χ0) is 20.0. The minimum absolute atomic E-state index is 0.0796. The average Bonchev–Trinajstić information content (AvgIpc) is 2.64. The Morgan fingerprint density at radius 2 is 1.96 bits per heavy atom. The van der Waals surface area contributed by atoms with E-state index in [1.807, 2.05) is 0 Å². The van der Waals surface area contributed by atoms with Gasteiger partial charge in [0.1, 0.15) is 16.5 Å². The molecule has 0 aromatic heterocycles. The van der Waals surface area contributed by atoms with Crippen LogP contribution in [0.25, 0.3) is 0 Å². The lowest BCUT2D eigenvalue weighted by Gasteiger charge is -2.37. The van der Waals surface area contributed by atoms with Crippen molar-refractivity contribution in [3.05, 3.63) is 65.2 Å². The second kappa shape index (κ2) is 8.77. The molecule has 0 radical (unpaired) electrons. The molecular weight excluding hydrogens is 372 g/mol. The Kier molecular flexibility index (Phi) is 6.68. The quantitative estimate of drug-likeness (QED) is 0.336. The number of nitrogens with one attached hydrogen (secondary N) is 1. The number of nitrogens with zero attached hydrogens (tertiary/aromatic N) is 2. The van der Waals surface area contributed by atoms with E-state index in [0.29, 0.717) is 17.7 Å². The highest BCUT2D eigenvalue weighted by molar-refractivity contribution is 7.99. The minimum Gasteiger partial charge on any atom is -0.328 e. The molecule has 0 spiro atoms. The smallest absolute Gasteiger partial charge is 0.241 e. The lowest BCUT2D eigenvalue weighted by atomic mass is 10.0. The van der Waals surface area contributed by atoms with E-state index in [4.69, 9.17) is 0 Å². The first-order chi connectivity index (χ1) is 12.8. The summed E-state index contributed by atoms with van der Waals surface area (Å²) in [5.74, 6) is -1.67. The molecule has 0 fully saturated rings. The number of carbonyl (C=O) groups excluding carboxylic acids is 2. The lowest BCUT2D eigenvalue weighted by molar-refractivity contribution is -0.132. The third kappa shape index (κ3) is 4.51. The molecule has 2 rings (SSSR count). The molecule has 1 unspecified atom stereocenters. The molecule has 0 heterocycles. The Bertz CT molecular complexity index is 876. The van der Waals surface area contributed by atoms with Crippen molar-refractivity contribution in [1.29, 1.82) is 0 Å². The second-order valence-electron chi connectivity index (χ2n) is 5.74. The SMILES string of the molecule is CSC(C)(c1ccccc1NC=O)N(/N=C/c1cc(F)ccc1F)C(C)=O. The van der Waals surface area contributed by atoms with Crippen molar-refractivity contribution in [1.82, 2.24) is 5.01 Å². The number of anilines is 1. The zero-order valence-electron chi connectivity index (χ0n) is 15.1. The average molecular weight is 391 g/mol. The van der Waals surface area contributed by atoms with Gasteiger partial charge in [-0.05, 0) is 37.4 Å². The van der Waals surface area contributed by atoms with Crippen LogP contribution in [0.4, 0.5) is 14.5 Å². The van der Waals surface area contributed by atoms with Gasteiger partial charge in [-0.3, -0.25) is 9.59 Å². The number of hydrogen-bond donors (Lipinski definition) is 1. The fraction of sp³-hybridized carbons (Fsp3) is 0.211. The fourth-order valence-electron chi connectivity index (χ4n) is 2.61. The molecule has 8 heteroatoms. The summed E-state index contributed by atoms with van der Waals surface area (Å²) in [4.78, 5) is 22.2. The van der Waals surface area contributed by atoms with Gasteiger partial charge >= 0.3 is 0 Å². The molecule has 0 aliphatic heterocycles. The molecule has 2 amide bonds. The molecular formula is C19H19F2N3O2S. The van der Waals surface area contributed by atoms with Crippen LogP contribution in [-0.2, 0) is 14.5 Å². The number of carbonyl (C=O) groups is 2. The van der Waals surface area contributed by atoms with Crippen molar-refractivity contribution >= 4 is 36.0 Å². The van der Waals surface area contributed by atoms with Crippen molar-refractivity contribution in [2.75, 3.05) is 11.6 Å². The molecule has 0 aliphatic carbocycles. The van der Waals surface area contributed by atoms with Gasteiger partial charge in [-0.1, -0.05) is 18.2 Å². The first-order valence-electron chi connectivity index (χ1n) is 7.98. The van der Waals surface area contributed by atoms with E-state index >= 15 is 0 Å². The Morgan fingerprint density at radius 3 is 2.59 bits per heavy atom. The van der Waals surface area contributed by atoms with Crippen LogP contribution >= 0.6 is 11.8 Å². The number of amides is 2. The third-order valence-electron chi connectivity index (χ3n) is 4.01. The predicted molar refractivity (Wildman–Crippen MR) is 103 cm³/mol. The van der Waals surface area contributed by atoms with Gasteiger partial charge in [0.25, 0.3) is 0 Å². The van der Waals surface area contributed by atoms with Gasteiger partial charge in [0.15, 0.2) is 0 Å². The highest BCUT2D eigenvalue weighted by Crippen LogP contribution is 2.41. The van der Waals surface area contributed by atoms with Crippen molar-refractivity contribution < 1.29 is 18.4 Å². The summed E-state index contributed by atoms with van der Waals surface area (Å²) in [7, 11) is 0. The summed E-state index contributed by atoms with van der Waals surface area (Å²) in [6, 6.07) is 9.97. The summed E-state index contributed by atoms with van der Waals surface area (Å²) in [6.45, 7) is 3.08. The molecule has 27 heavy (non-hydrogen) atoms. The number of rotatable bonds is 7. The third-order valence-corrected chi connectivity index (χ3v) is 5.20. The van der Waals surface area contributed by atoms with Gasteiger partial charge in [0.05, 0.1) is 6.21 Å². The van der Waals surface area contributed by atoms with Gasteiger partial charge in [-0.15, -0.1) is 11.8 Å². The highest BCUT2D eigenvalue weighted by Gasteiger charge is 2.37. The van der Waals surface area contributed by atoms with Crippen LogP contribution in [0.15, 0.2) is 47.6 Å². The van der Waals surface area contributed by atoms with Crippen molar-refractivity contribution in [3.63, 3.8) is 0 Å². The van der Waals surface area contributed by atoms with Gasteiger partial charge in [0, 0.05) is 23.7 Å². The maximum atomic E-state index is 13.9. The number of hydrazone groups is 1. The summed E-state index contributed by atoms with van der Waals surface area (Å²) in [5, 5.41) is 7.91. The lowest BCUT2D eigenvalue weighted by Crippen LogP contribution is -2.41. The zero-order valence-corrected chi connectivity index (χ0v) is 15.9. The molecule has 2 aromatic carbocycles. The predicted octanol–water partition coefficient (Wildman–Crippen LogP) is 3.95. The maximum Gasteiger partial charge on any atom is 0.241 e. The number of para-hydroxylation sites is 1. The second-order valence-corrected chi connectivity index (χ2v) is 6.94. The Labute approximate surface area is 160 Å². The van der Waals surface area contributed by atoms with Crippen LogP contribution in [0.3, 0.4) is 0 Å². The number of hydrogen-bond acceptors (Lipinski definition) is 4. The van der Waals surface area contributed by atoms with Crippen LogP contribution in [0.1, 0.15) is 25.0 Å². The van der Waals surface area contributed by atoms with Crippen molar-refractivity contribution in [2.45, 2.75) is 18.7 Å². The first kappa shape index (κ1) is 20.6. The standard InChI is InChI=1S/C19H19F2N3O2S/c1-13(26)24(23-11-14-10-15(20)8-9-17(14)21)19(2,27-3)16-6-4-5-7-18(16)22-12-25/h4-12H,1-3H3,(H,22,25)/b23-11+. The number of benzene rings is 2. The monoisotopic (exact) mass is 391 g/mol.